The van der Waals surface area contributed by atoms with Crippen LogP contribution < -0.4 is 0 Å². The predicted octanol–water partition coefficient (Wildman–Crippen LogP) is 2.79. The quantitative estimate of drug-likeness (QED) is 0.839. The van der Waals surface area contributed by atoms with E-state index in [9.17, 15) is 13.2 Å². The Morgan fingerprint density at radius 3 is 2.38 bits per heavy atom. The first-order chi connectivity index (χ1) is 11.4. The van der Waals surface area contributed by atoms with Crippen LogP contribution in [0.2, 0.25) is 0 Å². The molecule has 6 heteroatoms. The molecule has 0 spiro atoms. The van der Waals surface area contributed by atoms with E-state index in [1.807, 2.05) is 7.05 Å². The third kappa shape index (κ3) is 3.22. The van der Waals surface area contributed by atoms with Gasteiger partial charge in [-0.25, -0.2) is 8.42 Å². The lowest BCUT2D eigenvalue weighted by Gasteiger charge is -2.25. The highest BCUT2D eigenvalue weighted by atomic mass is 32.2. The molecule has 0 radical (unpaired) electrons. The molecule has 1 aromatic carbocycles. The molecule has 1 aliphatic carbocycles. The Morgan fingerprint density at radius 2 is 1.75 bits per heavy atom. The van der Waals surface area contributed by atoms with Gasteiger partial charge in [0.1, 0.15) is 0 Å². The van der Waals surface area contributed by atoms with Crippen LogP contribution in [0.5, 0.6) is 0 Å². The van der Waals surface area contributed by atoms with Gasteiger partial charge in [-0.05, 0) is 50.3 Å². The molecule has 5 nitrogen and oxygen atoms in total. The molecule has 1 saturated carbocycles. The molecule has 1 aliphatic heterocycles. The Bertz CT molecular complexity index is 718. The molecule has 2 fully saturated rings. The van der Waals surface area contributed by atoms with Gasteiger partial charge in [-0.1, -0.05) is 18.9 Å². The van der Waals surface area contributed by atoms with Gasteiger partial charge in [-0.2, -0.15) is 4.31 Å². The molecule has 3 rings (SSSR count). The molecule has 0 N–H and O–H groups in total. The Balaban J connectivity index is 1.89. The fourth-order valence-electron chi connectivity index (χ4n) is 3.74. The van der Waals surface area contributed by atoms with Gasteiger partial charge in [0.15, 0.2) is 0 Å². The summed E-state index contributed by atoms with van der Waals surface area (Å²) in [4.78, 5) is 14.8. The first kappa shape index (κ1) is 17.4. The van der Waals surface area contributed by atoms with E-state index in [0.29, 0.717) is 24.2 Å². The number of aryl methyl sites for hydroxylation is 1. The third-order valence-electron chi connectivity index (χ3n) is 5.31. The minimum absolute atomic E-state index is 0.0835. The highest BCUT2D eigenvalue weighted by molar-refractivity contribution is 7.89. The minimum Gasteiger partial charge on any atom is -0.339 e. The van der Waals surface area contributed by atoms with Gasteiger partial charge in [0.05, 0.1) is 4.90 Å². The molecule has 0 unspecified atom stereocenters. The summed E-state index contributed by atoms with van der Waals surface area (Å²) < 4.78 is 27.2. The molecule has 1 heterocycles. The number of amides is 1. The monoisotopic (exact) mass is 350 g/mol. The average Bonchev–Trinajstić information content (AvgIpc) is 3.27. The summed E-state index contributed by atoms with van der Waals surface area (Å²) in [6.07, 6.45) is 6.19. The zero-order valence-electron chi connectivity index (χ0n) is 14.5. The van der Waals surface area contributed by atoms with E-state index in [2.05, 4.69) is 0 Å². The molecule has 1 saturated heterocycles. The van der Waals surface area contributed by atoms with Crippen LogP contribution in [-0.4, -0.2) is 49.7 Å². The Kier molecular flexibility index (Phi) is 4.97. The maximum atomic E-state index is 12.9. The second-order valence-electron chi connectivity index (χ2n) is 6.95. The van der Waals surface area contributed by atoms with Gasteiger partial charge >= 0.3 is 0 Å². The highest BCUT2D eigenvalue weighted by Gasteiger charge is 2.30. The number of carbonyl (C=O) groups is 1. The molecule has 0 bridgehead atoms. The molecular weight excluding hydrogens is 324 g/mol. The maximum absolute atomic E-state index is 12.9. The first-order valence-corrected chi connectivity index (χ1v) is 10.2. The number of nitrogens with zero attached hydrogens (tertiary/aromatic N) is 2. The smallest absolute Gasteiger partial charge is 0.253 e. The molecule has 24 heavy (non-hydrogen) atoms. The normalized spacial score (nSPS) is 19.8. The Labute approximate surface area is 144 Å². The molecule has 0 aromatic heterocycles. The summed E-state index contributed by atoms with van der Waals surface area (Å²) >= 11 is 0. The maximum Gasteiger partial charge on any atom is 0.253 e. The van der Waals surface area contributed by atoms with Crippen molar-refractivity contribution in [3.8, 4) is 0 Å². The molecule has 1 aromatic rings. The van der Waals surface area contributed by atoms with Gasteiger partial charge in [0.25, 0.3) is 5.91 Å². The number of hydrogen-bond acceptors (Lipinski definition) is 3. The largest absolute Gasteiger partial charge is 0.339 e. The van der Waals surface area contributed by atoms with Crippen molar-refractivity contribution in [1.82, 2.24) is 9.21 Å². The molecule has 2 aliphatic rings. The lowest BCUT2D eigenvalue weighted by Crippen LogP contribution is -2.35. The van der Waals surface area contributed by atoms with Gasteiger partial charge in [0, 0.05) is 31.7 Å². The second kappa shape index (κ2) is 6.84. The van der Waals surface area contributed by atoms with Crippen molar-refractivity contribution < 1.29 is 13.2 Å². The van der Waals surface area contributed by atoms with Crippen LogP contribution in [0.3, 0.4) is 0 Å². The topological polar surface area (TPSA) is 57.7 Å². The SMILES string of the molecule is Cc1ccc(C(=O)N(C)C2CCCC2)cc1S(=O)(=O)N1CCCC1. The van der Waals surface area contributed by atoms with Crippen LogP contribution in [0.1, 0.15) is 54.4 Å². The average molecular weight is 350 g/mol. The zero-order valence-corrected chi connectivity index (χ0v) is 15.3. The minimum atomic E-state index is -3.51. The lowest BCUT2D eigenvalue weighted by atomic mass is 10.1. The zero-order chi connectivity index (χ0) is 17.3. The number of sulfonamides is 1. The van der Waals surface area contributed by atoms with Gasteiger partial charge in [0.2, 0.25) is 10.0 Å². The summed E-state index contributed by atoms with van der Waals surface area (Å²) in [5.41, 5.74) is 1.16. The van der Waals surface area contributed by atoms with Crippen molar-refractivity contribution in [3.05, 3.63) is 29.3 Å². The molecule has 1 amide bonds. The van der Waals surface area contributed by atoms with Gasteiger partial charge < -0.3 is 4.90 Å². The van der Waals surface area contributed by atoms with Crippen LogP contribution in [0.4, 0.5) is 0 Å². The third-order valence-corrected chi connectivity index (χ3v) is 7.35. The van der Waals surface area contributed by atoms with Crippen LogP contribution in [0, 0.1) is 6.92 Å². The summed E-state index contributed by atoms with van der Waals surface area (Å²) in [6.45, 7) is 2.93. The number of carbonyl (C=O) groups excluding carboxylic acids is 1. The van der Waals surface area contributed by atoms with E-state index < -0.39 is 10.0 Å². The van der Waals surface area contributed by atoms with Crippen LogP contribution in [-0.2, 0) is 10.0 Å². The van der Waals surface area contributed by atoms with Gasteiger partial charge in [-0.15, -0.1) is 0 Å². The van der Waals surface area contributed by atoms with Crippen molar-refractivity contribution >= 4 is 15.9 Å². The summed E-state index contributed by atoms with van der Waals surface area (Å²) in [7, 11) is -1.68. The van der Waals surface area contributed by atoms with Crippen molar-refractivity contribution in [2.75, 3.05) is 20.1 Å². The lowest BCUT2D eigenvalue weighted by molar-refractivity contribution is 0.0735. The van der Waals surface area contributed by atoms with E-state index in [1.54, 1.807) is 30.0 Å². The summed E-state index contributed by atoms with van der Waals surface area (Å²) in [6, 6.07) is 5.33. The molecular formula is C18H26N2O3S. The van der Waals surface area contributed by atoms with Crippen LogP contribution >= 0.6 is 0 Å². The first-order valence-electron chi connectivity index (χ1n) is 8.79. The second-order valence-corrected chi connectivity index (χ2v) is 8.85. The summed E-state index contributed by atoms with van der Waals surface area (Å²) in [5.74, 6) is -0.0835. The Hall–Kier alpha value is -1.40. The number of benzene rings is 1. The fourth-order valence-corrected chi connectivity index (χ4v) is 5.51. The fraction of sp³-hybridized carbons (Fsp3) is 0.611. The van der Waals surface area contributed by atoms with Crippen LogP contribution in [0.15, 0.2) is 23.1 Å². The van der Waals surface area contributed by atoms with E-state index in [4.69, 9.17) is 0 Å². The predicted molar refractivity (Wildman–Crippen MR) is 93.5 cm³/mol. The van der Waals surface area contributed by atoms with E-state index in [0.717, 1.165) is 38.5 Å². The molecule has 132 valence electrons. The van der Waals surface area contributed by atoms with Crippen LogP contribution in [0.25, 0.3) is 0 Å². The van der Waals surface area contributed by atoms with E-state index in [1.165, 1.54) is 4.31 Å². The van der Waals surface area contributed by atoms with E-state index >= 15 is 0 Å². The van der Waals surface area contributed by atoms with Crippen molar-refractivity contribution in [2.45, 2.75) is 56.4 Å². The van der Waals surface area contributed by atoms with Crippen molar-refractivity contribution in [1.29, 1.82) is 0 Å². The number of hydrogen-bond donors (Lipinski definition) is 0. The van der Waals surface area contributed by atoms with Crippen molar-refractivity contribution in [3.63, 3.8) is 0 Å². The number of rotatable bonds is 4. The van der Waals surface area contributed by atoms with Crippen molar-refractivity contribution in [2.24, 2.45) is 0 Å². The van der Waals surface area contributed by atoms with Gasteiger partial charge in [-0.3, -0.25) is 4.79 Å². The molecule has 0 atom stereocenters. The van der Waals surface area contributed by atoms with E-state index in [-0.39, 0.29) is 16.8 Å². The summed E-state index contributed by atoms with van der Waals surface area (Å²) in [5, 5.41) is 0. The highest BCUT2D eigenvalue weighted by Crippen LogP contribution is 2.27. The Morgan fingerprint density at radius 1 is 1.12 bits per heavy atom. The standard InChI is InChI=1S/C18H26N2O3S/c1-14-9-10-15(18(21)19(2)16-7-3-4-8-16)13-17(14)24(22,23)20-11-5-6-12-20/h9-10,13,16H,3-8,11-12H2,1-2H3.